The third kappa shape index (κ3) is 5.92. The second kappa shape index (κ2) is 9.23. The topological polar surface area (TPSA) is 46.5 Å². The van der Waals surface area contributed by atoms with Gasteiger partial charge < -0.3 is 0 Å². The molecule has 3 rings (SSSR count). The predicted molar refractivity (Wildman–Crippen MR) is 118 cm³/mol. The van der Waals surface area contributed by atoms with Crippen LogP contribution in [0.4, 0.5) is 0 Å². The molecular formula is C21H19Cl2NO2S2. The number of nitrogens with zero attached hydrogens (tertiary/aromatic N) is 1. The van der Waals surface area contributed by atoms with Crippen LogP contribution in [0.3, 0.4) is 0 Å². The summed E-state index contributed by atoms with van der Waals surface area (Å²) in [7, 11) is -4.51. The Kier molecular flexibility index (Phi) is 6.94. The van der Waals surface area contributed by atoms with E-state index in [0.717, 1.165) is 16.7 Å². The van der Waals surface area contributed by atoms with Crippen LogP contribution in [-0.4, -0.2) is 8.42 Å². The lowest BCUT2D eigenvalue weighted by Gasteiger charge is -2.10. The highest BCUT2D eigenvalue weighted by Crippen LogP contribution is 2.20. The summed E-state index contributed by atoms with van der Waals surface area (Å²) in [5, 5.41) is 1.29. The number of hydrogen-bond donors (Lipinski definition) is 0. The van der Waals surface area contributed by atoms with Gasteiger partial charge in [0.1, 0.15) is 0 Å². The zero-order valence-corrected chi connectivity index (χ0v) is 18.3. The molecule has 0 saturated heterocycles. The molecule has 0 atom stereocenters. The largest absolute Gasteiger partial charge is 0.287 e. The molecule has 0 aromatic heterocycles. The molecule has 0 amide bonds. The van der Waals surface area contributed by atoms with Crippen molar-refractivity contribution in [1.82, 2.24) is 0 Å². The summed E-state index contributed by atoms with van der Waals surface area (Å²) in [6, 6.07) is 21.6. The van der Waals surface area contributed by atoms with E-state index >= 15 is 0 Å². The highest BCUT2D eigenvalue weighted by molar-refractivity contribution is 7.99. The van der Waals surface area contributed by atoms with Gasteiger partial charge in [-0.3, -0.25) is 0 Å². The van der Waals surface area contributed by atoms with Crippen molar-refractivity contribution in [1.29, 1.82) is 0 Å². The second-order valence-corrected chi connectivity index (χ2v) is 10.8. The van der Waals surface area contributed by atoms with Crippen molar-refractivity contribution in [2.75, 3.05) is 0 Å². The lowest BCUT2D eigenvalue weighted by atomic mass is 10.2. The van der Waals surface area contributed by atoms with E-state index in [-0.39, 0.29) is 4.90 Å². The summed E-state index contributed by atoms with van der Waals surface area (Å²) in [5.41, 5.74) is 2.98. The van der Waals surface area contributed by atoms with E-state index in [4.69, 9.17) is 23.2 Å². The minimum atomic E-state index is -3.75. The average Bonchev–Trinajstić information content (AvgIpc) is 2.65. The summed E-state index contributed by atoms with van der Waals surface area (Å²) in [5.74, 6) is 1.04. The summed E-state index contributed by atoms with van der Waals surface area (Å²) >= 11 is 11.9. The Morgan fingerprint density at radius 3 is 1.61 bits per heavy atom. The zero-order chi connectivity index (χ0) is 20.1. The molecule has 0 radical (unpaired) electrons. The summed E-state index contributed by atoms with van der Waals surface area (Å²) in [6.07, 6.45) is 0. The Hall–Kier alpha value is -1.66. The summed E-state index contributed by atoms with van der Waals surface area (Å²) in [4.78, 5) is 0.211. The van der Waals surface area contributed by atoms with E-state index in [9.17, 15) is 8.42 Å². The van der Waals surface area contributed by atoms with Crippen LogP contribution >= 0.6 is 23.2 Å². The summed E-state index contributed by atoms with van der Waals surface area (Å²) in [6.45, 7) is 1.92. The predicted octanol–water partition coefficient (Wildman–Crippen LogP) is 6.19. The smallest absolute Gasteiger partial charge is 0.199 e. The van der Waals surface area contributed by atoms with Crippen LogP contribution in [0.2, 0.25) is 10.0 Å². The van der Waals surface area contributed by atoms with Crippen molar-refractivity contribution in [3.8, 4) is 0 Å². The zero-order valence-electron chi connectivity index (χ0n) is 15.2. The number of benzene rings is 3. The molecule has 0 fully saturated rings. The number of hydrogen-bond acceptors (Lipinski definition) is 2. The van der Waals surface area contributed by atoms with Crippen LogP contribution in [0.15, 0.2) is 81.5 Å². The maximum Gasteiger partial charge on any atom is 0.287 e. The fourth-order valence-corrected chi connectivity index (χ4v) is 6.41. The third-order valence-corrected chi connectivity index (χ3v) is 8.35. The maximum absolute atomic E-state index is 12.8. The van der Waals surface area contributed by atoms with Crippen LogP contribution in [-0.2, 0) is 32.2 Å². The number of halogens is 2. The standard InChI is InChI=1S/C21H19Cl2NO2S2/c1-16-2-12-21(13-3-16)28(25,26)24-27(14-17-4-8-19(22)9-5-17)15-18-6-10-20(23)11-7-18/h2-13H,14-15H2,1H3. The Labute approximate surface area is 178 Å². The van der Waals surface area contributed by atoms with E-state index in [2.05, 4.69) is 3.77 Å². The van der Waals surface area contributed by atoms with Gasteiger partial charge in [0.2, 0.25) is 0 Å². The molecule has 0 unspecified atom stereocenters. The first-order valence-corrected chi connectivity index (χ1v) is 12.2. The minimum Gasteiger partial charge on any atom is -0.199 e. The van der Waals surface area contributed by atoms with E-state index in [1.54, 1.807) is 48.5 Å². The normalized spacial score (nSPS) is 11.6. The van der Waals surface area contributed by atoms with E-state index in [1.807, 2.05) is 31.2 Å². The highest BCUT2D eigenvalue weighted by Gasteiger charge is 2.15. The monoisotopic (exact) mass is 451 g/mol. The van der Waals surface area contributed by atoms with Crippen molar-refractivity contribution in [2.24, 2.45) is 3.77 Å². The van der Waals surface area contributed by atoms with Crippen LogP contribution in [0.5, 0.6) is 0 Å². The maximum atomic E-state index is 12.8. The van der Waals surface area contributed by atoms with Gasteiger partial charge >= 0.3 is 0 Å². The van der Waals surface area contributed by atoms with Crippen molar-refractivity contribution < 1.29 is 8.42 Å². The number of rotatable bonds is 6. The molecule has 3 nitrogen and oxygen atoms in total. The van der Waals surface area contributed by atoms with Gasteiger partial charge in [-0.2, -0.15) is 8.42 Å². The van der Waals surface area contributed by atoms with Gasteiger partial charge in [-0.25, -0.2) is 0 Å². The van der Waals surface area contributed by atoms with Crippen LogP contribution in [0, 0.1) is 6.92 Å². The average molecular weight is 452 g/mol. The summed E-state index contributed by atoms with van der Waals surface area (Å²) < 4.78 is 30.0. The Bertz CT molecular complexity index is 1030. The Morgan fingerprint density at radius 1 is 0.750 bits per heavy atom. The van der Waals surface area contributed by atoms with Crippen LogP contribution < -0.4 is 0 Å². The van der Waals surface area contributed by atoms with Gasteiger partial charge in [0, 0.05) is 21.6 Å². The molecule has 3 aromatic carbocycles. The number of aryl methyl sites for hydroxylation is 1. The van der Waals surface area contributed by atoms with Crippen LogP contribution in [0.1, 0.15) is 16.7 Å². The van der Waals surface area contributed by atoms with Crippen LogP contribution in [0.25, 0.3) is 0 Å². The highest BCUT2D eigenvalue weighted by atomic mass is 35.5. The van der Waals surface area contributed by atoms with Gasteiger partial charge in [0.15, 0.2) is 0 Å². The van der Waals surface area contributed by atoms with Gasteiger partial charge in [0.25, 0.3) is 10.0 Å². The lowest BCUT2D eigenvalue weighted by Crippen LogP contribution is -2.05. The lowest BCUT2D eigenvalue weighted by molar-refractivity contribution is 0.598. The van der Waals surface area contributed by atoms with Crippen molar-refractivity contribution in [3.63, 3.8) is 0 Å². The van der Waals surface area contributed by atoms with E-state index in [0.29, 0.717) is 21.6 Å². The molecule has 0 aliphatic carbocycles. The first kappa shape index (κ1) is 21.1. The molecule has 7 heteroatoms. The molecule has 28 heavy (non-hydrogen) atoms. The number of sulfonamides is 1. The quantitative estimate of drug-likeness (QED) is 0.448. The fourth-order valence-electron chi connectivity index (χ4n) is 2.54. The first-order chi connectivity index (χ1) is 13.3. The molecule has 0 bridgehead atoms. The molecular weight excluding hydrogens is 433 g/mol. The van der Waals surface area contributed by atoms with E-state index < -0.39 is 20.7 Å². The molecule has 3 aromatic rings. The SMILES string of the molecule is Cc1ccc(S(=O)(=O)N=S(Cc2ccc(Cl)cc2)Cc2ccc(Cl)cc2)cc1. The van der Waals surface area contributed by atoms with Crippen molar-refractivity contribution in [2.45, 2.75) is 23.3 Å². The molecule has 146 valence electrons. The van der Waals surface area contributed by atoms with Crippen molar-refractivity contribution >= 4 is 43.9 Å². The minimum absolute atomic E-state index is 0.211. The van der Waals surface area contributed by atoms with Gasteiger partial charge in [-0.15, -0.1) is 3.77 Å². The molecule has 0 N–H and O–H groups in total. The second-order valence-electron chi connectivity index (χ2n) is 6.37. The molecule has 0 saturated carbocycles. The molecule has 0 spiro atoms. The van der Waals surface area contributed by atoms with Gasteiger partial charge in [-0.05, 0) is 54.4 Å². The fraction of sp³-hybridized carbons (Fsp3) is 0.143. The molecule has 0 heterocycles. The third-order valence-electron chi connectivity index (χ3n) is 4.02. The molecule has 0 aliphatic heterocycles. The first-order valence-electron chi connectivity index (χ1n) is 8.53. The molecule has 0 aliphatic rings. The van der Waals surface area contributed by atoms with Gasteiger partial charge in [0.05, 0.1) is 4.90 Å². The van der Waals surface area contributed by atoms with Gasteiger partial charge in [-0.1, -0.05) is 75.9 Å². The Morgan fingerprint density at radius 2 is 1.18 bits per heavy atom. The van der Waals surface area contributed by atoms with E-state index in [1.165, 1.54) is 0 Å². The Balaban J connectivity index is 1.95. The van der Waals surface area contributed by atoms with Crippen molar-refractivity contribution in [3.05, 3.63) is 99.5 Å².